The van der Waals surface area contributed by atoms with Crippen LogP contribution in [0, 0.1) is 0 Å². The van der Waals surface area contributed by atoms with Crippen LogP contribution >= 0.6 is 0 Å². The highest BCUT2D eigenvalue weighted by molar-refractivity contribution is 7.92. The molecule has 0 aliphatic rings. The Hall–Kier alpha value is -3.08. The van der Waals surface area contributed by atoms with Crippen molar-refractivity contribution in [2.24, 2.45) is 0 Å². The van der Waals surface area contributed by atoms with Crippen LogP contribution < -0.4 is 20.3 Å². The highest BCUT2D eigenvalue weighted by atomic mass is 32.2. The average molecular weight is 378 g/mol. The van der Waals surface area contributed by atoms with E-state index in [1.165, 1.54) is 24.4 Å². The Morgan fingerprint density at radius 2 is 1.88 bits per heavy atom. The van der Waals surface area contributed by atoms with Gasteiger partial charge in [0, 0.05) is 28.2 Å². The lowest BCUT2D eigenvalue weighted by atomic mass is 10.3. The third kappa shape index (κ3) is 3.33. The number of nitrogens with one attached hydrogen (secondary N) is 2. The number of oxazole rings is 1. The molecule has 2 heterocycles. The highest BCUT2D eigenvalue weighted by Crippen LogP contribution is 2.26. The second kappa shape index (κ2) is 6.33. The van der Waals surface area contributed by atoms with Gasteiger partial charge in [0.1, 0.15) is 5.69 Å². The van der Waals surface area contributed by atoms with Gasteiger partial charge in [-0.05, 0) is 18.2 Å². The molecule has 2 N–H and O–H groups in total. The summed E-state index contributed by atoms with van der Waals surface area (Å²) in [5.41, 5.74) is 0.813. The van der Waals surface area contributed by atoms with Gasteiger partial charge in [-0.1, -0.05) is 0 Å². The van der Waals surface area contributed by atoms with Crippen molar-refractivity contribution in [3.8, 4) is 0 Å². The van der Waals surface area contributed by atoms with Crippen LogP contribution in [0.25, 0.3) is 11.1 Å². The molecule has 0 aliphatic heterocycles. The van der Waals surface area contributed by atoms with Crippen LogP contribution in [0.4, 0.5) is 17.5 Å². The number of fused-ring (bicyclic) bond motifs is 1. The summed E-state index contributed by atoms with van der Waals surface area (Å²) in [6, 6.07) is 4.10. The largest absolute Gasteiger partial charge is 0.417 e. The van der Waals surface area contributed by atoms with Gasteiger partial charge in [0.25, 0.3) is 10.0 Å². The Balaban J connectivity index is 2.01. The van der Waals surface area contributed by atoms with Gasteiger partial charge < -0.3 is 14.2 Å². The topological polar surface area (TPSA) is 124 Å². The third-order valence-electron chi connectivity index (χ3n) is 3.52. The molecule has 1 aromatic carbocycles. The molecular weight excluding hydrogens is 360 g/mol. The number of rotatable bonds is 5. The second-order valence-corrected chi connectivity index (χ2v) is 7.66. The average Bonchev–Trinajstić information content (AvgIpc) is 2.93. The van der Waals surface area contributed by atoms with Gasteiger partial charge in [-0.3, -0.25) is 9.71 Å². The van der Waals surface area contributed by atoms with Gasteiger partial charge in [-0.15, -0.1) is 0 Å². The predicted molar refractivity (Wildman–Crippen MR) is 98.3 cm³/mol. The fourth-order valence-electron chi connectivity index (χ4n) is 2.29. The van der Waals surface area contributed by atoms with Crippen molar-refractivity contribution < 1.29 is 12.8 Å². The number of benzene rings is 1. The van der Waals surface area contributed by atoms with Gasteiger partial charge in [0.05, 0.1) is 16.6 Å². The van der Waals surface area contributed by atoms with Crippen LogP contribution in [-0.4, -0.2) is 51.6 Å². The molecule has 0 bridgehead atoms. The molecule has 26 heavy (non-hydrogen) atoms. The van der Waals surface area contributed by atoms with Gasteiger partial charge in [-0.2, -0.15) is 4.98 Å². The summed E-state index contributed by atoms with van der Waals surface area (Å²) < 4.78 is 32.8. The van der Waals surface area contributed by atoms with E-state index in [0.717, 1.165) is 0 Å². The maximum atomic E-state index is 12.7. The lowest BCUT2D eigenvalue weighted by Gasteiger charge is -2.19. The first-order valence-corrected chi connectivity index (χ1v) is 9.03. The molecule has 0 saturated carbocycles. The number of H-pyrrole nitrogens is 1. The summed E-state index contributed by atoms with van der Waals surface area (Å²) >= 11 is 0. The maximum absolute atomic E-state index is 12.7. The molecule has 0 aliphatic carbocycles. The zero-order chi connectivity index (χ0) is 19.1. The number of aromatic nitrogens is 3. The van der Waals surface area contributed by atoms with Crippen molar-refractivity contribution >= 4 is 38.6 Å². The van der Waals surface area contributed by atoms with Crippen LogP contribution in [-0.2, 0) is 10.0 Å². The summed E-state index contributed by atoms with van der Waals surface area (Å²) in [5.74, 6) is 0.226. The van der Waals surface area contributed by atoms with E-state index in [2.05, 4.69) is 19.7 Å². The Morgan fingerprint density at radius 1 is 1.15 bits per heavy atom. The van der Waals surface area contributed by atoms with Crippen molar-refractivity contribution in [1.29, 1.82) is 0 Å². The minimum atomic E-state index is -3.92. The number of anilines is 3. The maximum Gasteiger partial charge on any atom is 0.417 e. The molecule has 3 aromatic rings. The molecule has 138 valence electrons. The number of nitrogens with zero attached hydrogens (tertiary/aromatic N) is 4. The van der Waals surface area contributed by atoms with Crippen LogP contribution in [0.2, 0.25) is 0 Å². The first-order chi connectivity index (χ1) is 12.2. The van der Waals surface area contributed by atoms with E-state index in [-0.39, 0.29) is 16.2 Å². The smallest absolute Gasteiger partial charge is 0.408 e. The Morgan fingerprint density at radius 3 is 2.54 bits per heavy atom. The standard InChI is InChI=1S/C15H18N6O4S/c1-20(2)13-11(8-16-14(18-13)21(3)4)19-26(23,24)9-5-6-12-10(7-9)17-15(22)25-12/h5-8,19H,1-4H3,(H,17,22). The lowest BCUT2D eigenvalue weighted by molar-refractivity contribution is 0.555. The van der Waals surface area contributed by atoms with Crippen LogP contribution in [0.1, 0.15) is 0 Å². The lowest BCUT2D eigenvalue weighted by Crippen LogP contribution is -2.21. The van der Waals surface area contributed by atoms with E-state index in [0.29, 0.717) is 17.3 Å². The summed E-state index contributed by atoms with van der Waals surface area (Å²) in [7, 11) is 3.17. The molecule has 2 aromatic heterocycles. The molecule has 0 fully saturated rings. The van der Waals surface area contributed by atoms with Crippen molar-refractivity contribution in [3.05, 3.63) is 34.9 Å². The Bertz CT molecular complexity index is 1120. The van der Waals surface area contributed by atoms with Gasteiger partial charge in [-0.25, -0.2) is 18.2 Å². The van der Waals surface area contributed by atoms with Crippen molar-refractivity contribution in [2.75, 3.05) is 42.7 Å². The van der Waals surface area contributed by atoms with Gasteiger partial charge in [0.2, 0.25) is 5.95 Å². The second-order valence-electron chi connectivity index (χ2n) is 5.97. The molecule has 10 nitrogen and oxygen atoms in total. The van der Waals surface area contributed by atoms with Crippen LogP contribution in [0.3, 0.4) is 0 Å². The summed E-state index contributed by atoms with van der Waals surface area (Å²) in [6.45, 7) is 0. The zero-order valence-corrected chi connectivity index (χ0v) is 15.5. The molecule has 0 amide bonds. The van der Waals surface area contributed by atoms with E-state index in [9.17, 15) is 13.2 Å². The number of hydrogen-bond donors (Lipinski definition) is 2. The zero-order valence-electron chi connectivity index (χ0n) is 14.6. The minimum Gasteiger partial charge on any atom is -0.408 e. The van der Waals surface area contributed by atoms with E-state index in [1.54, 1.807) is 38.0 Å². The van der Waals surface area contributed by atoms with Crippen LogP contribution in [0.5, 0.6) is 0 Å². The highest BCUT2D eigenvalue weighted by Gasteiger charge is 2.20. The number of hydrogen-bond acceptors (Lipinski definition) is 8. The molecule has 0 radical (unpaired) electrons. The first-order valence-electron chi connectivity index (χ1n) is 7.55. The monoisotopic (exact) mass is 378 g/mol. The first kappa shape index (κ1) is 17.7. The fraction of sp³-hybridized carbons (Fsp3) is 0.267. The minimum absolute atomic E-state index is 0.0246. The molecule has 0 saturated heterocycles. The number of aromatic amines is 1. The predicted octanol–water partition coefficient (Wildman–Crippen LogP) is 0.844. The normalized spacial score (nSPS) is 11.5. The molecule has 3 rings (SSSR count). The van der Waals surface area contributed by atoms with Gasteiger partial charge in [0.15, 0.2) is 11.4 Å². The summed E-state index contributed by atoms with van der Waals surface area (Å²) in [5, 5.41) is 0. The van der Waals surface area contributed by atoms with Crippen molar-refractivity contribution in [3.63, 3.8) is 0 Å². The van der Waals surface area contributed by atoms with Crippen molar-refractivity contribution in [2.45, 2.75) is 4.90 Å². The van der Waals surface area contributed by atoms with E-state index >= 15 is 0 Å². The Kier molecular flexibility index (Phi) is 4.32. The van der Waals surface area contributed by atoms with E-state index in [4.69, 9.17) is 4.42 Å². The summed E-state index contributed by atoms with van der Waals surface area (Å²) in [6.07, 6.45) is 1.41. The molecule has 0 spiro atoms. The molecular formula is C15H18N6O4S. The summed E-state index contributed by atoms with van der Waals surface area (Å²) in [4.78, 5) is 25.5. The van der Waals surface area contributed by atoms with Gasteiger partial charge >= 0.3 is 5.76 Å². The number of sulfonamides is 1. The van der Waals surface area contributed by atoms with Crippen LogP contribution in [0.15, 0.2) is 38.5 Å². The molecule has 0 unspecified atom stereocenters. The van der Waals surface area contributed by atoms with E-state index < -0.39 is 15.8 Å². The van der Waals surface area contributed by atoms with Crippen molar-refractivity contribution in [1.82, 2.24) is 15.0 Å². The quantitative estimate of drug-likeness (QED) is 0.669. The Labute approximate surface area is 149 Å². The van der Waals surface area contributed by atoms with E-state index in [1.807, 2.05) is 0 Å². The SMILES string of the molecule is CN(C)c1ncc(NS(=O)(=O)c2ccc3oc(=O)[nH]c3c2)c(N(C)C)n1. The molecule has 11 heteroatoms. The molecule has 0 atom stereocenters. The third-order valence-corrected chi connectivity index (χ3v) is 4.89. The fourth-order valence-corrected chi connectivity index (χ4v) is 3.37.